The van der Waals surface area contributed by atoms with Crippen LogP contribution in [-0.4, -0.2) is 47.9 Å². The molecule has 2 rings (SSSR count). The predicted octanol–water partition coefficient (Wildman–Crippen LogP) is 3.82. The molecule has 1 aromatic rings. The highest BCUT2D eigenvalue weighted by molar-refractivity contribution is 5.76. The largest absolute Gasteiger partial charge is 0.336 e. The van der Waals surface area contributed by atoms with E-state index < -0.39 is 0 Å². The SMILES string of the molecule is CC1CC(CC(=O)N(CCN(C)C)Cc2ccccn2)CC(C)(C)C1. The van der Waals surface area contributed by atoms with Gasteiger partial charge in [-0.15, -0.1) is 0 Å². The van der Waals surface area contributed by atoms with Gasteiger partial charge in [0.25, 0.3) is 0 Å². The first-order valence-electron chi connectivity index (χ1n) is 9.57. The Hall–Kier alpha value is -1.42. The molecule has 1 aliphatic carbocycles. The number of likely N-dealkylation sites (N-methyl/N-ethyl adjacent to an activating group) is 1. The van der Waals surface area contributed by atoms with Crippen LogP contribution in [0.2, 0.25) is 0 Å². The van der Waals surface area contributed by atoms with E-state index in [1.165, 1.54) is 12.8 Å². The van der Waals surface area contributed by atoms with Gasteiger partial charge in [0.15, 0.2) is 0 Å². The Morgan fingerprint density at radius 1 is 1.24 bits per heavy atom. The van der Waals surface area contributed by atoms with E-state index in [0.29, 0.717) is 30.2 Å². The fraction of sp³-hybridized carbons (Fsp3) is 0.714. The molecule has 1 aromatic heterocycles. The van der Waals surface area contributed by atoms with Gasteiger partial charge in [-0.1, -0.05) is 26.8 Å². The first-order valence-corrected chi connectivity index (χ1v) is 9.57. The van der Waals surface area contributed by atoms with E-state index in [-0.39, 0.29) is 5.91 Å². The summed E-state index contributed by atoms with van der Waals surface area (Å²) in [4.78, 5) is 21.6. The van der Waals surface area contributed by atoms with Crippen molar-refractivity contribution in [3.8, 4) is 0 Å². The molecule has 4 heteroatoms. The Morgan fingerprint density at radius 2 is 2.00 bits per heavy atom. The molecule has 0 aromatic carbocycles. The lowest BCUT2D eigenvalue weighted by molar-refractivity contribution is -0.133. The Balaban J connectivity index is 2.01. The Morgan fingerprint density at radius 3 is 2.60 bits per heavy atom. The maximum atomic E-state index is 13.0. The van der Waals surface area contributed by atoms with Gasteiger partial charge < -0.3 is 9.80 Å². The van der Waals surface area contributed by atoms with Crippen molar-refractivity contribution in [3.05, 3.63) is 30.1 Å². The third-order valence-electron chi connectivity index (χ3n) is 5.19. The highest BCUT2D eigenvalue weighted by Crippen LogP contribution is 2.43. The lowest BCUT2D eigenvalue weighted by atomic mass is 9.67. The van der Waals surface area contributed by atoms with E-state index in [1.807, 2.05) is 23.1 Å². The third-order valence-corrected chi connectivity index (χ3v) is 5.19. The lowest BCUT2D eigenvalue weighted by Crippen LogP contribution is -2.38. The number of nitrogens with zero attached hydrogens (tertiary/aromatic N) is 3. The standard InChI is InChI=1S/C21H35N3O/c1-17-12-18(15-21(2,3)14-17)13-20(25)24(11-10-23(4)5)16-19-8-6-7-9-22-19/h6-9,17-18H,10-16H2,1-5H3. The van der Waals surface area contributed by atoms with Crippen molar-refractivity contribution in [2.75, 3.05) is 27.2 Å². The summed E-state index contributed by atoms with van der Waals surface area (Å²) in [6.07, 6.45) is 6.09. The van der Waals surface area contributed by atoms with E-state index in [4.69, 9.17) is 0 Å². The number of rotatable bonds is 7. The number of carbonyl (C=O) groups is 1. The molecule has 1 heterocycles. The van der Waals surface area contributed by atoms with Gasteiger partial charge in [-0.25, -0.2) is 0 Å². The van der Waals surface area contributed by atoms with Crippen LogP contribution in [0.15, 0.2) is 24.4 Å². The summed E-state index contributed by atoms with van der Waals surface area (Å²) in [6, 6.07) is 5.91. The Labute approximate surface area is 153 Å². The van der Waals surface area contributed by atoms with Crippen LogP contribution >= 0.6 is 0 Å². The summed E-state index contributed by atoms with van der Waals surface area (Å²) in [5.41, 5.74) is 1.32. The van der Waals surface area contributed by atoms with Gasteiger partial charge in [-0.2, -0.15) is 0 Å². The van der Waals surface area contributed by atoms with Crippen molar-refractivity contribution in [2.45, 2.75) is 53.0 Å². The van der Waals surface area contributed by atoms with Crippen LogP contribution < -0.4 is 0 Å². The quantitative estimate of drug-likeness (QED) is 0.754. The smallest absolute Gasteiger partial charge is 0.223 e. The monoisotopic (exact) mass is 345 g/mol. The number of carbonyl (C=O) groups excluding carboxylic acids is 1. The second kappa shape index (κ2) is 8.79. The summed E-state index contributed by atoms with van der Waals surface area (Å²) in [5, 5.41) is 0. The molecule has 4 nitrogen and oxygen atoms in total. The topological polar surface area (TPSA) is 36.4 Å². The van der Waals surface area contributed by atoms with Crippen LogP contribution in [0, 0.1) is 17.3 Å². The molecule has 0 bridgehead atoms. The van der Waals surface area contributed by atoms with Gasteiger partial charge >= 0.3 is 0 Å². The molecule has 0 saturated heterocycles. The summed E-state index contributed by atoms with van der Waals surface area (Å²) in [6.45, 7) is 9.27. The molecule has 2 unspecified atom stereocenters. The van der Waals surface area contributed by atoms with E-state index in [9.17, 15) is 4.79 Å². The van der Waals surface area contributed by atoms with Crippen LogP contribution in [0.3, 0.4) is 0 Å². The van der Waals surface area contributed by atoms with Crippen LogP contribution in [0.1, 0.15) is 52.1 Å². The minimum Gasteiger partial charge on any atom is -0.336 e. The van der Waals surface area contributed by atoms with E-state index in [2.05, 4.69) is 44.8 Å². The molecule has 0 aliphatic heterocycles. The first-order chi connectivity index (χ1) is 11.7. The minimum absolute atomic E-state index is 0.280. The van der Waals surface area contributed by atoms with Crippen LogP contribution in [0.4, 0.5) is 0 Å². The van der Waals surface area contributed by atoms with Gasteiger partial charge in [0, 0.05) is 25.7 Å². The van der Waals surface area contributed by atoms with Crippen molar-refractivity contribution < 1.29 is 4.79 Å². The Kier molecular flexibility index (Phi) is 7.00. The number of hydrogen-bond donors (Lipinski definition) is 0. The number of hydrogen-bond acceptors (Lipinski definition) is 3. The molecule has 0 N–H and O–H groups in total. The van der Waals surface area contributed by atoms with E-state index in [1.54, 1.807) is 6.20 Å². The summed E-state index contributed by atoms with van der Waals surface area (Å²) < 4.78 is 0. The highest BCUT2D eigenvalue weighted by Gasteiger charge is 2.33. The summed E-state index contributed by atoms with van der Waals surface area (Å²) >= 11 is 0. The van der Waals surface area contributed by atoms with Gasteiger partial charge in [0.2, 0.25) is 5.91 Å². The van der Waals surface area contributed by atoms with Gasteiger partial charge in [0.05, 0.1) is 12.2 Å². The molecular formula is C21H35N3O. The molecule has 1 fully saturated rings. The molecule has 0 radical (unpaired) electrons. The third kappa shape index (κ3) is 6.77. The zero-order valence-electron chi connectivity index (χ0n) is 16.7. The molecule has 0 spiro atoms. The molecule has 2 atom stereocenters. The van der Waals surface area contributed by atoms with Crippen molar-refractivity contribution >= 4 is 5.91 Å². The van der Waals surface area contributed by atoms with E-state index in [0.717, 1.165) is 25.2 Å². The fourth-order valence-corrected chi connectivity index (χ4v) is 4.38. The molecule has 1 aliphatic rings. The average Bonchev–Trinajstić information content (AvgIpc) is 2.50. The van der Waals surface area contributed by atoms with Crippen molar-refractivity contribution in [3.63, 3.8) is 0 Å². The highest BCUT2D eigenvalue weighted by atomic mass is 16.2. The van der Waals surface area contributed by atoms with E-state index >= 15 is 0 Å². The molecule has 1 saturated carbocycles. The zero-order valence-corrected chi connectivity index (χ0v) is 16.7. The molecule has 140 valence electrons. The van der Waals surface area contributed by atoms with Crippen molar-refractivity contribution in [1.82, 2.24) is 14.8 Å². The normalized spacial score (nSPS) is 22.8. The maximum Gasteiger partial charge on any atom is 0.223 e. The second-order valence-electron chi connectivity index (χ2n) is 8.92. The van der Waals surface area contributed by atoms with Gasteiger partial charge in [0.1, 0.15) is 0 Å². The van der Waals surface area contributed by atoms with Crippen molar-refractivity contribution in [1.29, 1.82) is 0 Å². The van der Waals surface area contributed by atoms with Gasteiger partial charge in [-0.3, -0.25) is 9.78 Å². The molecular weight excluding hydrogens is 310 g/mol. The van der Waals surface area contributed by atoms with Crippen LogP contribution in [0.25, 0.3) is 0 Å². The van der Waals surface area contributed by atoms with Crippen LogP contribution in [0.5, 0.6) is 0 Å². The minimum atomic E-state index is 0.280. The summed E-state index contributed by atoms with van der Waals surface area (Å²) in [7, 11) is 4.10. The number of pyridine rings is 1. The average molecular weight is 346 g/mol. The molecule has 1 amide bonds. The molecule has 25 heavy (non-hydrogen) atoms. The van der Waals surface area contributed by atoms with Crippen molar-refractivity contribution in [2.24, 2.45) is 17.3 Å². The zero-order chi connectivity index (χ0) is 18.4. The Bertz CT molecular complexity index is 541. The lowest BCUT2D eigenvalue weighted by Gasteiger charge is -2.39. The fourth-order valence-electron chi connectivity index (χ4n) is 4.38. The second-order valence-corrected chi connectivity index (χ2v) is 8.92. The number of amides is 1. The number of aromatic nitrogens is 1. The maximum absolute atomic E-state index is 13.0. The summed E-state index contributed by atoms with van der Waals surface area (Å²) in [5.74, 6) is 1.51. The van der Waals surface area contributed by atoms with Gasteiger partial charge in [-0.05, 0) is 62.7 Å². The van der Waals surface area contributed by atoms with Crippen LogP contribution in [-0.2, 0) is 11.3 Å². The predicted molar refractivity (Wildman–Crippen MR) is 103 cm³/mol. The first kappa shape index (κ1) is 19.9.